The highest BCUT2D eigenvalue weighted by Gasteiger charge is 2.11. The summed E-state index contributed by atoms with van der Waals surface area (Å²) in [5, 5.41) is 9.09. The number of aromatic carboxylic acids is 1. The predicted molar refractivity (Wildman–Crippen MR) is 70.5 cm³/mol. The van der Waals surface area contributed by atoms with Gasteiger partial charge in [-0.15, -0.1) is 0 Å². The first-order valence-corrected chi connectivity index (χ1v) is 6.01. The van der Waals surface area contributed by atoms with Crippen LogP contribution in [0.15, 0.2) is 30.6 Å². The number of carboxylic acid groups (broad SMARTS) is 1. The van der Waals surface area contributed by atoms with Gasteiger partial charge in [0.25, 0.3) is 0 Å². The third-order valence-corrected chi connectivity index (χ3v) is 2.87. The van der Waals surface area contributed by atoms with Crippen LogP contribution in [-0.4, -0.2) is 27.2 Å². The Bertz CT molecular complexity index is 590. The van der Waals surface area contributed by atoms with Gasteiger partial charge in [0.1, 0.15) is 17.1 Å². The van der Waals surface area contributed by atoms with E-state index in [1.165, 1.54) is 0 Å². The van der Waals surface area contributed by atoms with Gasteiger partial charge in [-0.3, -0.25) is 0 Å². The number of rotatable bonds is 5. The van der Waals surface area contributed by atoms with Crippen molar-refractivity contribution in [2.24, 2.45) is 7.05 Å². The SMILES string of the molecule is Cc1ccc(C(=O)O)c(OCCc2nccn2C)c1. The second-order valence-electron chi connectivity index (χ2n) is 4.36. The van der Waals surface area contributed by atoms with Crippen molar-refractivity contribution in [3.8, 4) is 5.75 Å². The molecule has 2 rings (SSSR count). The number of benzene rings is 1. The fourth-order valence-corrected chi connectivity index (χ4v) is 1.82. The standard InChI is InChI=1S/C14H16N2O3/c1-10-3-4-11(14(17)18)12(9-10)19-8-5-13-15-6-7-16(13)2/h3-4,6-7,9H,5,8H2,1-2H3,(H,17,18). The van der Waals surface area contributed by atoms with E-state index < -0.39 is 5.97 Å². The largest absolute Gasteiger partial charge is 0.492 e. The third kappa shape index (κ3) is 3.13. The van der Waals surface area contributed by atoms with Gasteiger partial charge in [0.15, 0.2) is 0 Å². The zero-order valence-corrected chi connectivity index (χ0v) is 11.0. The average Bonchev–Trinajstić information content (AvgIpc) is 2.75. The van der Waals surface area contributed by atoms with Crippen molar-refractivity contribution in [1.29, 1.82) is 0 Å². The van der Waals surface area contributed by atoms with E-state index in [-0.39, 0.29) is 5.56 Å². The van der Waals surface area contributed by atoms with E-state index >= 15 is 0 Å². The molecular formula is C14H16N2O3. The van der Waals surface area contributed by atoms with Gasteiger partial charge in [-0.05, 0) is 24.6 Å². The summed E-state index contributed by atoms with van der Waals surface area (Å²) in [4.78, 5) is 15.3. The van der Waals surface area contributed by atoms with E-state index in [1.54, 1.807) is 24.4 Å². The van der Waals surface area contributed by atoms with Gasteiger partial charge in [0.05, 0.1) is 6.61 Å². The summed E-state index contributed by atoms with van der Waals surface area (Å²) in [5.74, 6) is 0.332. The number of aryl methyl sites for hydroxylation is 2. The fraction of sp³-hybridized carbons (Fsp3) is 0.286. The summed E-state index contributed by atoms with van der Waals surface area (Å²) in [6.07, 6.45) is 4.23. The van der Waals surface area contributed by atoms with E-state index in [4.69, 9.17) is 9.84 Å². The fourth-order valence-electron chi connectivity index (χ4n) is 1.82. The van der Waals surface area contributed by atoms with Gasteiger partial charge in [-0.25, -0.2) is 9.78 Å². The third-order valence-electron chi connectivity index (χ3n) is 2.87. The molecule has 1 aromatic heterocycles. The van der Waals surface area contributed by atoms with Gasteiger partial charge in [0, 0.05) is 25.9 Å². The van der Waals surface area contributed by atoms with Crippen LogP contribution in [-0.2, 0) is 13.5 Å². The van der Waals surface area contributed by atoms with Crippen molar-refractivity contribution in [2.75, 3.05) is 6.61 Å². The summed E-state index contributed by atoms with van der Waals surface area (Å²) in [6.45, 7) is 2.30. The minimum Gasteiger partial charge on any atom is -0.492 e. The van der Waals surface area contributed by atoms with Crippen LogP contribution in [0, 0.1) is 6.92 Å². The quantitative estimate of drug-likeness (QED) is 0.893. The molecule has 0 aliphatic rings. The molecule has 1 N–H and O–H groups in total. The highest BCUT2D eigenvalue weighted by molar-refractivity contribution is 5.90. The molecule has 19 heavy (non-hydrogen) atoms. The predicted octanol–water partition coefficient (Wildman–Crippen LogP) is 2.05. The number of nitrogens with zero attached hydrogens (tertiary/aromatic N) is 2. The number of hydrogen-bond acceptors (Lipinski definition) is 3. The Kier molecular flexibility index (Phi) is 3.85. The van der Waals surface area contributed by atoms with Crippen LogP contribution in [0.5, 0.6) is 5.75 Å². The molecule has 0 radical (unpaired) electrons. The first kappa shape index (κ1) is 13.1. The van der Waals surface area contributed by atoms with E-state index in [1.807, 2.05) is 24.7 Å². The molecule has 100 valence electrons. The summed E-state index contributed by atoms with van der Waals surface area (Å²) < 4.78 is 7.49. The van der Waals surface area contributed by atoms with Crippen LogP contribution >= 0.6 is 0 Å². The molecule has 1 heterocycles. The maximum absolute atomic E-state index is 11.1. The number of carboxylic acids is 1. The maximum Gasteiger partial charge on any atom is 0.339 e. The van der Waals surface area contributed by atoms with E-state index in [0.29, 0.717) is 18.8 Å². The average molecular weight is 260 g/mol. The maximum atomic E-state index is 11.1. The number of imidazole rings is 1. The molecule has 0 amide bonds. The number of carbonyl (C=O) groups is 1. The molecule has 0 bridgehead atoms. The van der Waals surface area contributed by atoms with Crippen molar-refractivity contribution >= 4 is 5.97 Å². The van der Waals surface area contributed by atoms with E-state index in [2.05, 4.69) is 4.98 Å². The zero-order valence-electron chi connectivity index (χ0n) is 11.0. The highest BCUT2D eigenvalue weighted by atomic mass is 16.5. The lowest BCUT2D eigenvalue weighted by molar-refractivity contribution is 0.0692. The Labute approximate surface area is 111 Å². The molecule has 0 saturated heterocycles. The lowest BCUT2D eigenvalue weighted by Gasteiger charge is -2.10. The van der Waals surface area contributed by atoms with Crippen LogP contribution in [0.1, 0.15) is 21.7 Å². The second kappa shape index (κ2) is 5.56. The minimum atomic E-state index is -0.980. The number of hydrogen-bond donors (Lipinski definition) is 1. The molecule has 0 aliphatic heterocycles. The van der Waals surface area contributed by atoms with Crippen molar-refractivity contribution < 1.29 is 14.6 Å². The second-order valence-corrected chi connectivity index (χ2v) is 4.36. The van der Waals surface area contributed by atoms with Gasteiger partial charge in [0.2, 0.25) is 0 Å². The first-order chi connectivity index (χ1) is 9.08. The monoisotopic (exact) mass is 260 g/mol. The summed E-state index contributed by atoms with van der Waals surface area (Å²) in [5.41, 5.74) is 1.16. The van der Waals surface area contributed by atoms with Crippen LogP contribution in [0.3, 0.4) is 0 Å². The molecule has 0 fully saturated rings. The molecule has 5 heteroatoms. The lowest BCUT2D eigenvalue weighted by Crippen LogP contribution is -2.09. The number of aromatic nitrogens is 2. The molecular weight excluding hydrogens is 244 g/mol. The van der Waals surface area contributed by atoms with Gasteiger partial charge < -0.3 is 14.4 Å². The Morgan fingerprint density at radius 3 is 2.89 bits per heavy atom. The smallest absolute Gasteiger partial charge is 0.339 e. The number of ether oxygens (including phenoxy) is 1. The summed E-state index contributed by atoms with van der Waals surface area (Å²) in [6, 6.07) is 5.06. The Morgan fingerprint density at radius 1 is 1.47 bits per heavy atom. The summed E-state index contributed by atoms with van der Waals surface area (Å²) in [7, 11) is 1.91. The van der Waals surface area contributed by atoms with Crippen molar-refractivity contribution in [3.63, 3.8) is 0 Å². The topological polar surface area (TPSA) is 64.3 Å². The molecule has 5 nitrogen and oxygen atoms in total. The van der Waals surface area contributed by atoms with Gasteiger partial charge >= 0.3 is 5.97 Å². The van der Waals surface area contributed by atoms with E-state index in [0.717, 1.165) is 11.4 Å². The zero-order chi connectivity index (χ0) is 13.8. The van der Waals surface area contributed by atoms with Gasteiger partial charge in [-0.1, -0.05) is 6.07 Å². The lowest BCUT2D eigenvalue weighted by atomic mass is 10.1. The molecule has 0 spiro atoms. The Morgan fingerprint density at radius 2 is 2.26 bits per heavy atom. The first-order valence-electron chi connectivity index (χ1n) is 6.01. The molecule has 0 aliphatic carbocycles. The highest BCUT2D eigenvalue weighted by Crippen LogP contribution is 2.20. The molecule has 1 aromatic carbocycles. The van der Waals surface area contributed by atoms with Crippen LogP contribution in [0.2, 0.25) is 0 Å². The van der Waals surface area contributed by atoms with Crippen LogP contribution in [0.4, 0.5) is 0 Å². The Balaban J connectivity index is 2.05. The van der Waals surface area contributed by atoms with Crippen molar-refractivity contribution in [1.82, 2.24) is 9.55 Å². The van der Waals surface area contributed by atoms with E-state index in [9.17, 15) is 4.79 Å². The van der Waals surface area contributed by atoms with Crippen LogP contribution < -0.4 is 4.74 Å². The van der Waals surface area contributed by atoms with Gasteiger partial charge in [-0.2, -0.15) is 0 Å². The molecule has 0 atom stereocenters. The van der Waals surface area contributed by atoms with Crippen molar-refractivity contribution in [2.45, 2.75) is 13.3 Å². The molecule has 0 saturated carbocycles. The molecule has 0 unspecified atom stereocenters. The normalized spacial score (nSPS) is 10.4. The molecule has 2 aromatic rings. The Hall–Kier alpha value is -2.30. The minimum absolute atomic E-state index is 0.186. The summed E-state index contributed by atoms with van der Waals surface area (Å²) >= 11 is 0. The van der Waals surface area contributed by atoms with Crippen molar-refractivity contribution in [3.05, 3.63) is 47.5 Å². The van der Waals surface area contributed by atoms with Crippen LogP contribution in [0.25, 0.3) is 0 Å².